The molecule has 0 fully saturated rings. The number of nitrogens with zero attached hydrogens (tertiary/aromatic N) is 2. The number of nitro groups is 2. The van der Waals surface area contributed by atoms with Crippen LogP contribution in [0.15, 0.2) is 18.2 Å². The first kappa shape index (κ1) is 31.1. The van der Waals surface area contributed by atoms with Gasteiger partial charge in [0, 0.05) is 19.0 Å². The summed E-state index contributed by atoms with van der Waals surface area (Å²) in [7, 11) is 0. The number of nitro benzene ring substituents is 2. The van der Waals surface area contributed by atoms with Gasteiger partial charge < -0.3 is 33.7 Å². The highest BCUT2D eigenvalue weighted by Gasteiger charge is 2.18. The fourth-order valence-corrected chi connectivity index (χ4v) is 2.66. The van der Waals surface area contributed by atoms with E-state index in [1.807, 2.05) is 6.92 Å². The maximum atomic E-state index is 11.1. The van der Waals surface area contributed by atoms with Crippen LogP contribution in [-0.4, -0.2) is 95.0 Å². The maximum absolute atomic E-state index is 11.1. The van der Waals surface area contributed by atoms with E-state index >= 15 is 0 Å². The number of non-ortho nitro benzene ring substituents is 1. The zero-order valence-corrected chi connectivity index (χ0v) is 20.5. The molecule has 0 aliphatic heterocycles. The Hall–Kier alpha value is -2.91. The fourth-order valence-electron chi connectivity index (χ4n) is 2.66. The van der Waals surface area contributed by atoms with Crippen molar-refractivity contribution in [3.63, 3.8) is 0 Å². The zero-order valence-electron chi connectivity index (χ0n) is 20.5. The Labute approximate surface area is 209 Å². The minimum atomic E-state index is -0.685. The van der Waals surface area contributed by atoms with Crippen LogP contribution in [0.3, 0.4) is 0 Å². The zero-order chi connectivity index (χ0) is 26.4. The monoisotopic (exact) mass is 517 g/mol. The Kier molecular flexibility index (Phi) is 17.5. The Bertz CT molecular complexity index is 780. The Morgan fingerprint density at radius 2 is 1.28 bits per heavy atom. The summed E-state index contributed by atoms with van der Waals surface area (Å²) in [6, 6.07) is 3.41. The minimum Gasteiger partial charge on any atom is -0.463 e. The van der Waals surface area contributed by atoms with Gasteiger partial charge in [-0.1, -0.05) is 6.92 Å². The summed E-state index contributed by atoms with van der Waals surface area (Å²) in [4.78, 5) is 31.6. The van der Waals surface area contributed by atoms with Crippen molar-refractivity contribution < 1.29 is 43.1 Å². The molecule has 0 radical (unpaired) electrons. The lowest BCUT2D eigenvalue weighted by Gasteiger charge is -2.09. The van der Waals surface area contributed by atoms with Crippen LogP contribution in [0.2, 0.25) is 0 Å². The van der Waals surface area contributed by atoms with Crippen molar-refractivity contribution >= 4 is 23.0 Å². The molecule has 0 heterocycles. The third-order valence-electron chi connectivity index (χ3n) is 4.38. The molecular weight excluding hydrogens is 482 g/mol. The molecule has 1 aromatic carbocycles. The number of ether oxygens (including phenoxy) is 6. The highest BCUT2D eigenvalue weighted by atomic mass is 16.6. The number of hydrogen-bond acceptors (Lipinski definition) is 12. The molecule has 0 atom stereocenters. The summed E-state index contributed by atoms with van der Waals surface area (Å²) in [5.41, 5.74) is -0.528. The molecule has 0 bridgehead atoms. The number of carbonyl (C=O) groups excluding carboxylic acids is 1. The molecule has 0 saturated heterocycles. The van der Waals surface area contributed by atoms with E-state index in [0.29, 0.717) is 72.4 Å². The molecular formula is C22H35N3O11. The number of carbonyl (C=O) groups is 1. The second-order valence-electron chi connectivity index (χ2n) is 7.17. The highest BCUT2D eigenvalue weighted by molar-refractivity contribution is 5.69. The molecule has 0 saturated carbocycles. The van der Waals surface area contributed by atoms with Gasteiger partial charge in [0.15, 0.2) is 0 Å². The van der Waals surface area contributed by atoms with Crippen LogP contribution >= 0.6 is 0 Å². The highest BCUT2D eigenvalue weighted by Crippen LogP contribution is 2.28. The number of hydrogen-bond donors (Lipinski definition) is 1. The van der Waals surface area contributed by atoms with Gasteiger partial charge in [-0.15, -0.1) is 0 Å². The van der Waals surface area contributed by atoms with Crippen molar-refractivity contribution in [2.45, 2.75) is 19.8 Å². The summed E-state index contributed by atoms with van der Waals surface area (Å²) in [6.45, 7) is 6.27. The van der Waals surface area contributed by atoms with E-state index in [1.165, 1.54) is 12.1 Å². The van der Waals surface area contributed by atoms with Gasteiger partial charge in [-0.25, -0.2) is 0 Å². The SMILES string of the molecule is CCCC(=O)OCCOCCOCCOCCOCCOCCNc1ccc([N+](=O)[O-])cc1[N+](=O)[O-]. The lowest BCUT2D eigenvalue weighted by atomic mass is 10.2. The number of nitrogens with one attached hydrogen (secondary N) is 1. The third-order valence-corrected chi connectivity index (χ3v) is 4.38. The molecule has 0 aromatic heterocycles. The molecule has 0 unspecified atom stereocenters. The number of esters is 1. The molecule has 204 valence electrons. The van der Waals surface area contributed by atoms with Crippen molar-refractivity contribution in [1.29, 1.82) is 0 Å². The molecule has 0 aliphatic rings. The van der Waals surface area contributed by atoms with Crippen LogP contribution in [0.5, 0.6) is 0 Å². The molecule has 0 amide bonds. The summed E-state index contributed by atoms with van der Waals surface area (Å²) in [5, 5.41) is 24.7. The van der Waals surface area contributed by atoms with Crippen molar-refractivity contribution in [2.75, 3.05) is 84.5 Å². The first-order valence-electron chi connectivity index (χ1n) is 11.7. The van der Waals surface area contributed by atoms with Gasteiger partial charge in [0.05, 0.1) is 82.0 Å². The van der Waals surface area contributed by atoms with Crippen LogP contribution in [-0.2, 0) is 33.2 Å². The Morgan fingerprint density at radius 3 is 1.75 bits per heavy atom. The topological polar surface area (TPSA) is 171 Å². The maximum Gasteiger partial charge on any atom is 0.305 e. The van der Waals surface area contributed by atoms with E-state index in [2.05, 4.69) is 5.32 Å². The molecule has 0 spiro atoms. The second kappa shape index (κ2) is 20.3. The van der Waals surface area contributed by atoms with Crippen molar-refractivity contribution in [2.24, 2.45) is 0 Å². The summed E-state index contributed by atoms with van der Waals surface area (Å²) < 4.78 is 31.8. The summed E-state index contributed by atoms with van der Waals surface area (Å²) in [5.74, 6) is -0.213. The predicted octanol–water partition coefficient (Wildman–Crippen LogP) is 2.34. The predicted molar refractivity (Wildman–Crippen MR) is 128 cm³/mol. The Morgan fingerprint density at radius 1 is 0.778 bits per heavy atom. The standard InChI is InChI=1S/C22H35N3O11/c1-2-3-22(26)36-17-16-35-15-14-34-13-12-33-11-10-32-9-8-31-7-6-23-20-5-4-19(24(27)28)18-21(20)25(29)30/h4-5,18,23H,2-3,6-17H2,1H3. The molecule has 14 nitrogen and oxygen atoms in total. The van der Waals surface area contributed by atoms with Crippen molar-refractivity contribution in [3.8, 4) is 0 Å². The summed E-state index contributed by atoms with van der Waals surface area (Å²) >= 11 is 0. The molecule has 0 aliphatic carbocycles. The minimum absolute atomic E-state index is 0.184. The molecule has 1 aromatic rings. The van der Waals surface area contributed by atoms with Crippen molar-refractivity contribution in [3.05, 3.63) is 38.4 Å². The molecule has 14 heteroatoms. The van der Waals surface area contributed by atoms with E-state index in [4.69, 9.17) is 28.4 Å². The van der Waals surface area contributed by atoms with E-state index in [-0.39, 0.29) is 36.2 Å². The van der Waals surface area contributed by atoms with Gasteiger partial charge >= 0.3 is 5.97 Å². The van der Waals surface area contributed by atoms with Crippen LogP contribution in [0.25, 0.3) is 0 Å². The number of rotatable bonds is 23. The normalized spacial score (nSPS) is 10.8. The lowest BCUT2D eigenvalue weighted by Crippen LogP contribution is -2.15. The van der Waals surface area contributed by atoms with Gasteiger partial charge in [-0.3, -0.25) is 25.0 Å². The van der Waals surface area contributed by atoms with E-state index in [9.17, 15) is 25.0 Å². The average Bonchev–Trinajstić information content (AvgIpc) is 2.85. The van der Waals surface area contributed by atoms with E-state index < -0.39 is 9.85 Å². The molecule has 1 N–H and O–H groups in total. The fraction of sp³-hybridized carbons (Fsp3) is 0.682. The third kappa shape index (κ3) is 15.2. The van der Waals surface area contributed by atoms with Crippen LogP contribution in [0.4, 0.5) is 17.1 Å². The van der Waals surface area contributed by atoms with Gasteiger partial charge in [0.2, 0.25) is 0 Å². The number of anilines is 1. The van der Waals surface area contributed by atoms with Gasteiger partial charge in [0.1, 0.15) is 12.3 Å². The number of benzene rings is 1. The lowest BCUT2D eigenvalue weighted by molar-refractivity contribution is -0.393. The first-order chi connectivity index (χ1) is 17.5. The van der Waals surface area contributed by atoms with Crippen LogP contribution in [0, 0.1) is 20.2 Å². The molecule has 36 heavy (non-hydrogen) atoms. The van der Waals surface area contributed by atoms with Crippen molar-refractivity contribution in [1.82, 2.24) is 0 Å². The second-order valence-corrected chi connectivity index (χ2v) is 7.17. The molecule has 1 rings (SSSR count). The van der Waals surface area contributed by atoms with Gasteiger partial charge in [-0.2, -0.15) is 0 Å². The average molecular weight is 518 g/mol. The quantitative estimate of drug-likeness (QED) is 0.0973. The largest absolute Gasteiger partial charge is 0.463 e. The van der Waals surface area contributed by atoms with Crippen LogP contribution < -0.4 is 5.32 Å². The van der Waals surface area contributed by atoms with Gasteiger partial charge in [-0.05, 0) is 12.5 Å². The first-order valence-corrected chi connectivity index (χ1v) is 11.7. The van der Waals surface area contributed by atoms with E-state index in [0.717, 1.165) is 12.5 Å². The van der Waals surface area contributed by atoms with Gasteiger partial charge in [0.25, 0.3) is 11.4 Å². The smallest absolute Gasteiger partial charge is 0.305 e. The van der Waals surface area contributed by atoms with Crippen LogP contribution in [0.1, 0.15) is 19.8 Å². The Balaban J connectivity index is 1.89. The van der Waals surface area contributed by atoms with E-state index in [1.54, 1.807) is 0 Å². The summed E-state index contributed by atoms with van der Waals surface area (Å²) in [6.07, 6.45) is 1.18.